The molecule has 130 valence electrons. The minimum Gasteiger partial charge on any atom is -0.339 e. The Kier molecular flexibility index (Phi) is 4.58. The van der Waals surface area contributed by atoms with Crippen LogP contribution in [0.4, 0.5) is 0 Å². The molecule has 0 bridgehead atoms. The number of nitrogens with zero attached hydrogens (tertiary/aromatic N) is 5. The van der Waals surface area contributed by atoms with Crippen molar-refractivity contribution in [3.05, 3.63) is 33.3 Å². The van der Waals surface area contributed by atoms with E-state index in [4.69, 9.17) is 4.52 Å². The summed E-state index contributed by atoms with van der Waals surface area (Å²) >= 11 is 2.77. The Morgan fingerprint density at radius 1 is 1.48 bits per heavy atom. The van der Waals surface area contributed by atoms with Crippen LogP contribution in [0.25, 0.3) is 11.4 Å². The van der Waals surface area contributed by atoms with Gasteiger partial charge in [-0.15, -0.1) is 5.10 Å². The first kappa shape index (κ1) is 16.3. The van der Waals surface area contributed by atoms with Gasteiger partial charge in [0.1, 0.15) is 4.88 Å². The van der Waals surface area contributed by atoms with E-state index in [0.717, 1.165) is 24.9 Å². The van der Waals surface area contributed by atoms with Crippen LogP contribution >= 0.6 is 22.9 Å². The Hall–Kier alpha value is -2.13. The summed E-state index contributed by atoms with van der Waals surface area (Å²) in [5.74, 6) is 1.62. The summed E-state index contributed by atoms with van der Waals surface area (Å²) in [7, 11) is 0. The molecule has 1 atom stereocenters. The van der Waals surface area contributed by atoms with Crippen LogP contribution in [0.5, 0.6) is 0 Å². The van der Waals surface area contributed by atoms with E-state index < -0.39 is 0 Å². The van der Waals surface area contributed by atoms with Gasteiger partial charge < -0.3 is 9.42 Å². The molecular formula is C16H17N5O2S2. The van der Waals surface area contributed by atoms with E-state index in [-0.39, 0.29) is 5.91 Å². The van der Waals surface area contributed by atoms with Crippen LogP contribution in [0.3, 0.4) is 0 Å². The van der Waals surface area contributed by atoms with Crippen LogP contribution in [0, 0.1) is 12.8 Å². The molecule has 25 heavy (non-hydrogen) atoms. The topological polar surface area (TPSA) is 85.0 Å². The van der Waals surface area contributed by atoms with E-state index in [1.165, 1.54) is 11.5 Å². The summed E-state index contributed by atoms with van der Waals surface area (Å²) in [5, 5.41) is 12.0. The molecule has 3 aromatic heterocycles. The number of piperidine rings is 1. The summed E-state index contributed by atoms with van der Waals surface area (Å²) in [5.41, 5.74) is 1.68. The lowest BCUT2D eigenvalue weighted by atomic mass is 9.94. The van der Waals surface area contributed by atoms with Crippen molar-refractivity contribution in [2.24, 2.45) is 5.92 Å². The van der Waals surface area contributed by atoms with Gasteiger partial charge in [0.15, 0.2) is 0 Å². The number of aryl methyl sites for hydroxylation is 1. The molecule has 4 heterocycles. The highest BCUT2D eigenvalue weighted by Crippen LogP contribution is 2.25. The third kappa shape index (κ3) is 3.47. The van der Waals surface area contributed by atoms with Crippen LogP contribution in [-0.2, 0) is 6.42 Å². The summed E-state index contributed by atoms with van der Waals surface area (Å²) in [6.07, 6.45) is 2.73. The van der Waals surface area contributed by atoms with Crippen LogP contribution in [0.15, 0.2) is 21.3 Å². The highest BCUT2D eigenvalue weighted by Gasteiger charge is 2.28. The Morgan fingerprint density at radius 2 is 2.40 bits per heavy atom. The maximum atomic E-state index is 12.6. The van der Waals surface area contributed by atoms with Crippen molar-refractivity contribution in [1.82, 2.24) is 24.6 Å². The minimum absolute atomic E-state index is 0.0293. The first-order valence-electron chi connectivity index (χ1n) is 8.14. The summed E-state index contributed by atoms with van der Waals surface area (Å²) in [6.45, 7) is 3.30. The zero-order valence-electron chi connectivity index (χ0n) is 13.7. The second-order valence-electron chi connectivity index (χ2n) is 6.17. The molecule has 0 radical (unpaired) electrons. The fourth-order valence-electron chi connectivity index (χ4n) is 3.08. The Morgan fingerprint density at radius 3 is 3.16 bits per heavy atom. The van der Waals surface area contributed by atoms with Crippen molar-refractivity contribution in [2.75, 3.05) is 13.1 Å². The van der Waals surface area contributed by atoms with Gasteiger partial charge in [0.2, 0.25) is 11.7 Å². The molecule has 1 amide bonds. The molecule has 1 aliphatic rings. The quantitative estimate of drug-likeness (QED) is 0.697. The molecule has 3 aromatic rings. The highest BCUT2D eigenvalue weighted by atomic mass is 32.1. The third-order valence-corrected chi connectivity index (χ3v) is 5.86. The third-order valence-electron chi connectivity index (χ3n) is 4.36. The van der Waals surface area contributed by atoms with Crippen molar-refractivity contribution in [3.63, 3.8) is 0 Å². The van der Waals surface area contributed by atoms with Crippen molar-refractivity contribution in [3.8, 4) is 11.4 Å². The Labute approximate surface area is 152 Å². The standard InChI is InChI=1S/C16H17N5O2S2/c1-10-14(25-20-18-10)16(22)21-5-2-3-11(8-21)7-13-17-15(19-23-13)12-4-6-24-9-12/h4,6,9,11H,2-3,5,7-8H2,1H3. The van der Waals surface area contributed by atoms with Crippen LogP contribution in [0.2, 0.25) is 0 Å². The van der Waals surface area contributed by atoms with Gasteiger partial charge in [0.05, 0.1) is 5.69 Å². The molecule has 7 nitrogen and oxygen atoms in total. The van der Waals surface area contributed by atoms with Crippen LogP contribution in [0.1, 0.15) is 34.1 Å². The van der Waals surface area contributed by atoms with Crippen molar-refractivity contribution in [1.29, 1.82) is 0 Å². The average molecular weight is 375 g/mol. The van der Waals surface area contributed by atoms with Crippen LogP contribution in [-0.4, -0.2) is 43.6 Å². The lowest BCUT2D eigenvalue weighted by molar-refractivity contribution is 0.0672. The van der Waals surface area contributed by atoms with Gasteiger partial charge in [-0.1, -0.05) is 9.64 Å². The number of thiophene rings is 1. The van der Waals surface area contributed by atoms with Crippen molar-refractivity contribution >= 4 is 28.8 Å². The molecule has 0 aliphatic carbocycles. The minimum atomic E-state index is 0.0293. The maximum Gasteiger partial charge on any atom is 0.267 e. The summed E-state index contributed by atoms with van der Waals surface area (Å²) < 4.78 is 9.26. The molecule has 1 unspecified atom stereocenters. The van der Waals surface area contributed by atoms with E-state index in [2.05, 4.69) is 19.7 Å². The highest BCUT2D eigenvalue weighted by molar-refractivity contribution is 7.08. The molecule has 0 spiro atoms. The van der Waals surface area contributed by atoms with Gasteiger partial charge in [-0.2, -0.15) is 16.3 Å². The fraction of sp³-hybridized carbons (Fsp3) is 0.438. The molecular weight excluding hydrogens is 358 g/mol. The van der Waals surface area contributed by atoms with E-state index in [0.29, 0.717) is 41.2 Å². The largest absolute Gasteiger partial charge is 0.339 e. The van der Waals surface area contributed by atoms with Gasteiger partial charge in [-0.3, -0.25) is 4.79 Å². The summed E-state index contributed by atoms with van der Waals surface area (Å²) in [6, 6.07) is 1.98. The number of hydrogen-bond acceptors (Lipinski definition) is 8. The first-order chi connectivity index (χ1) is 12.2. The van der Waals surface area contributed by atoms with Gasteiger partial charge in [-0.05, 0) is 48.7 Å². The van der Waals surface area contributed by atoms with Crippen molar-refractivity contribution in [2.45, 2.75) is 26.2 Å². The number of likely N-dealkylation sites (tertiary alicyclic amines) is 1. The molecule has 4 rings (SSSR count). The molecule has 0 saturated carbocycles. The predicted octanol–water partition coefficient (Wildman–Crippen LogP) is 3.05. The SMILES string of the molecule is Cc1nnsc1C(=O)N1CCCC(Cc2nc(-c3ccsc3)no2)C1. The predicted molar refractivity (Wildman–Crippen MR) is 94.6 cm³/mol. The molecule has 9 heteroatoms. The van der Waals surface area contributed by atoms with Crippen molar-refractivity contribution < 1.29 is 9.32 Å². The zero-order valence-corrected chi connectivity index (χ0v) is 15.3. The van der Waals surface area contributed by atoms with E-state index in [9.17, 15) is 4.79 Å². The van der Waals surface area contributed by atoms with Gasteiger partial charge in [0, 0.05) is 30.5 Å². The maximum absolute atomic E-state index is 12.6. The molecule has 0 N–H and O–H groups in total. The van der Waals surface area contributed by atoms with Gasteiger partial charge >= 0.3 is 0 Å². The van der Waals surface area contributed by atoms with Gasteiger partial charge in [-0.25, -0.2) is 0 Å². The summed E-state index contributed by atoms with van der Waals surface area (Å²) in [4.78, 5) is 19.7. The van der Waals surface area contributed by atoms with Crippen LogP contribution < -0.4 is 0 Å². The average Bonchev–Trinajstić information content (AvgIpc) is 3.35. The molecule has 1 aliphatic heterocycles. The van der Waals surface area contributed by atoms with E-state index >= 15 is 0 Å². The number of carbonyl (C=O) groups is 1. The number of hydrogen-bond donors (Lipinski definition) is 0. The Bertz CT molecular complexity index is 858. The van der Waals surface area contributed by atoms with Gasteiger partial charge in [0.25, 0.3) is 5.91 Å². The number of carbonyl (C=O) groups excluding carboxylic acids is 1. The molecule has 1 saturated heterocycles. The lowest BCUT2D eigenvalue weighted by Gasteiger charge is -2.31. The number of aromatic nitrogens is 4. The molecule has 1 fully saturated rings. The smallest absolute Gasteiger partial charge is 0.267 e. The van der Waals surface area contributed by atoms with E-state index in [1.54, 1.807) is 11.3 Å². The second-order valence-corrected chi connectivity index (χ2v) is 7.71. The fourth-order valence-corrected chi connectivity index (χ4v) is 4.34. The Balaban J connectivity index is 1.42. The molecule has 0 aromatic carbocycles. The monoisotopic (exact) mass is 375 g/mol. The zero-order chi connectivity index (χ0) is 17.2. The van der Waals surface area contributed by atoms with E-state index in [1.807, 2.05) is 28.7 Å². The number of amides is 1. The lowest BCUT2D eigenvalue weighted by Crippen LogP contribution is -2.40. The second kappa shape index (κ2) is 7.01. The normalized spacial score (nSPS) is 17.8. The first-order valence-corrected chi connectivity index (χ1v) is 9.85. The number of rotatable bonds is 4.